The lowest BCUT2D eigenvalue weighted by atomic mass is 10.1. The van der Waals surface area contributed by atoms with Crippen molar-refractivity contribution in [3.8, 4) is 0 Å². The first-order chi connectivity index (χ1) is 6.72. The Morgan fingerprint density at radius 2 is 2.36 bits per heavy atom. The summed E-state index contributed by atoms with van der Waals surface area (Å²) in [4.78, 5) is 0. The van der Waals surface area contributed by atoms with Crippen molar-refractivity contribution in [3.63, 3.8) is 0 Å². The second kappa shape index (κ2) is 4.21. The van der Waals surface area contributed by atoms with Crippen LogP contribution in [0.2, 0.25) is 5.02 Å². The van der Waals surface area contributed by atoms with Crippen molar-refractivity contribution in [1.29, 1.82) is 0 Å². The maximum atomic E-state index is 6.16. The van der Waals surface area contributed by atoms with E-state index in [0.29, 0.717) is 5.92 Å². The summed E-state index contributed by atoms with van der Waals surface area (Å²) in [5, 5.41) is 4.11. The van der Waals surface area contributed by atoms with Gasteiger partial charge in [0.05, 0.1) is 0 Å². The Hall–Kier alpha value is -0.0500. The topological polar surface area (TPSA) is 12.0 Å². The Kier molecular flexibility index (Phi) is 3.15. The van der Waals surface area contributed by atoms with Crippen LogP contribution < -0.4 is 5.32 Å². The van der Waals surface area contributed by atoms with Crippen LogP contribution in [0.5, 0.6) is 0 Å². The smallest absolute Gasteiger partial charge is 0.0441 e. The summed E-state index contributed by atoms with van der Waals surface area (Å²) >= 11 is 9.63. The zero-order valence-electron chi connectivity index (χ0n) is 8.06. The number of rotatable bonds is 3. The highest BCUT2D eigenvalue weighted by molar-refractivity contribution is 9.10. The standard InChI is InChI=1S/C11H13BrClN/c1-14-6-7-4-9(7)10-5-8(12)2-3-11(10)13/h2-3,5,7,9,14H,4,6H2,1H3. The minimum atomic E-state index is 0.660. The molecule has 1 aromatic carbocycles. The van der Waals surface area contributed by atoms with Gasteiger partial charge in [0.25, 0.3) is 0 Å². The van der Waals surface area contributed by atoms with E-state index in [2.05, 4.69) is 27.3 Å². The Bertz CT molecular complexity index is 340. The summed E-state index contributed by atoms with van der Waals surface area (Å²) < 4.78 is 1.12. The zero-order chi connectivity index (χ0) is 10.1. The van der Waals surface area contributed by atoms with Crippen molar-refractivity contribution in [2.45, 2.75) is 12.3 Å². The predicted molar refractivity (Wildman–Crippen MR) is 63.9 cm³/mol. The molecule has 2 rings (SSSR count). The Balaban J connectivity index is 2.14. The van der Waals surface area contributed by atoms with E-state index in [4.69, 9.17) is 11.6 Å². The first-order valence-corrected chi connectivity index (χ1v) is 5.99. The number of benzene rings is 1. The van der Waals surface area contributed by atoms with Crippen molar-refractivity contribution >= 4 is 27.5 Å². The molecule has 0 saturated heterocycles. The number of halogens is 2. The van der Waals surface area contributed by atoms with Crippen molar-refractivity contribution in [3.05, 3.63) is 33.3 Å². The van der Waals surface area contributed by atoms with Gasteiger partial charge in [0.2, 0.25) is 0 Å². The highest BCUT2D eigenvalue weighted by atomic mass is 79.9. The Labute approximate surface area is 98.0 Å². The number of nitrogens with one attached hydrogen (secondary N) is 1. The molecule has 0 bridgehead atoms. The average molecular weight is 275 g/mol. The van der Waals surface area contributed by atoms with Crippen LogP contribution in [-0.2, 0) is 0 Å². The van der Waals surface area contributed by atoms with Gasteiger partial charge in [0, 0.05) is 9.50 Å². The third-order valence-corrected chi connectivity index (χ3v) is 3.58. The molecule has 0 aliphatic heterocycles. The fourth-order valence-corrected chi connectivity index (χ4v) is 2.55. The van der Waals surface area contributed by atoms with Crippen LogP contribution in [0.25, 0.3) is 0 Å². The lowest BCUT2D eigenvalue weighted by Crippen LogP contribution is -2.10. The summed E-state index contributed by atoms with van der Waals surface area (Å²) in [5.41, 5.74) is 1.29. The lowest BCUT2D eigenvalue weighted by molar-refractivity contribution is 0.698. The zero-order valence-corrected chi connectivity index (χ0v) is 10.4. The molecule has 2 atom stereocenters. The van der Waals surface area contributed by atoms with E-state index in [9.17, 15) is 0 Å². The third-order valence-electron chi connectivity index (χ3n) is 2.75. The van der Waals surface area contributed by atoms with E-state index in [0.717, 1.165) is 22.0 Å². The SMILES string of the molecule is CNCC1CC1c1cc(Br)ccc1Cl. The molecule has 0 heterocycles. The molecule has 0 amide bonds. The number of hydrogen-bond acceptors (Lipinski definition) is 1. The van der Waals surface area contributed by atoms with Gasteiger partial charge in [-0.1, -0.05) is 27.5 Å². The Morgan fingerprint density at radius 1 is 1.57 bits per heavy atom. The van der Waals surface area contributed by atoms with Crippen LogP contribution in [0.1, 0.15) is 17.9 Å². The van der Waals surface area contributed by atoms with Crippen molar-refractivity contribution in [2.75, 3.05) is 13.6 Å². The van der Waals surface area contributed by atoms with Crippen LogP contribution in [0.15, 0.2) is 22.7 Å². The fraction of sp³-hybridized carbons (Fsp3) is 0.455. The highest BCUT2D eigenvalue weighted by Crippen LogP contribution is 2.49. The summed E-state index contributed by atoms with van der Waals surface area (Å²) in [5.74, 6) is 1.43. The fourth-order valence-electron chi connectivity index (χ4n) is 1.92. The summed E-state index contributed by atoms with van der Waals surface area (Å²) in [6, 6.07) is 6.10. The minimum Gasteiger partial charge on any atom is -0.319 e. The molecular formula is C11H13BrClN. The normalized spacial score (nSPS) is 25.1. The van der Waals surface area contributed by atoms with Gasteiger partial charge in [-0.3, -0.25) is 0 Å². The van der Waals surface area contributed by atoms with Crippen LogP contribution in [0.3, 0.4) is 0 Å². The van der Waals surface area contributed by atoms with Gasteiger partial charge < -0.3 is 5.32 Å². The predicted octanol–water partition coefficient (Wildman–Crippen LogP) is 3.43. The average Bonchev–Trinajstić information content (AvgIpc) is 2.89. The first-order valence-electron chi connectivity index (χ1n) is 4.82. The summed E-state index contributed by atoms with van der Waals surface area (Å²) in [6.45, 7) is 1.09. The van der Waals surface area contributed by atoms with Gasteiger partial charge in [0.1, 0.15) is 0 Å². The van der Waals surface area contributed by atoms with Gasteiger partial charge in [-0.2, -0.15) is 0 Å². The molecule has 1 N–H and O–H groups in total. The molecule has 1 saturated carbocycles. The van der Waals surface area contributed by atoms with Gasteiger partial charge in [-0.25, -0.2) is 0 Å². The molecule has 1 nitrogen and oxygen atoms in total. The van der Waals surface area contributed by atoms with Crippen molar-refractivity contribution in [2.24, 2.45) is 5.92 Å². The maximum absolute atomic E-state index is 6.16. The molecule has 1 aliphatic rings. The monoisotopic (exact) mass is 273 g/mol. The second-order valence-electron chi connectivity index (χ2n) is 3.83. The van der Waals surface area contributed by atoms with E-state index in [1.54, 1.807) is 0 Å². The van der Waals surface area contributed by atoms with Crippen molar-refractivity contribution < 1.29 is 0 Å². The van der Waals surface area contributed by atoms with E-state index >= 15 is 0 Å². The highest BCUT2D eigenvalue weighted by Gasteiger charge is 2.38. The quantitative estimate of drug-likeness (QED) is 0.890. The van der Waals surface area contributed by atoms with E-state index < -0.39 is 0 Å². The molecule has 1 aromatic rings. The summed E-state index contributed by atoms with van der Waals surface area (Å²) in [6.07, 6.45) is 1.26. The Morgan fingerprint density at radius 3 is 3.07 bits per heavy atom. The first kappa shape index (κ1) is 10.5. The van der Waals surface area contributed by atoms with Gasteiger partial charge in [0.15, 0.2) is 0 Å². The molecule has 0 radical (unpaired) electrons. The van der Waals surface area contributed by atoms with Crippen LogP contribution in [-0.4, -0.2) is 13.6 Å². The number of hydrogen-bond donors (Lipinski definition) is 1. The van der Waals surface area contributed by atoms with E-state index in [-0.39, 0.29) is 0 Å². The maximum Gasteiger partial charge on any atom is 0.0441 e. The van der Waals surface area contributed by atoms with E-state index in [1.807, 2.05) is 19.2 Å². The van der Waals surface area contributed by atoms with Crippen molar-refractivity contribution in [1.82, 2.24) is 5.32 Å². The van der Waals surface area contributed by atoms with Crippen LogP contribution in [0.4, 0.5) is 0 Å². The largest absolute Gasteiger partial charge is 0.319 e. The minimum absolute atomic E-state index is 0.660. The van der Waals surface area contributed by atoms with Gasteiger partial charge >= 0.3 is 0 Å². The van der Waals surface area contributed by atoms with Crippen LogP contribution >= 0.6 is 27.5 Å². The molecular weight excluding hydrogens is 261 g/mol. The van der Waals surface area contributed by atoms with Gasteiger partial charge in [-0.15, -0.1) is 0 Å². The summed E-state index contributed by atoms with van der Waals surface area (Å²) in [7, 11) is 2.00. The molecule has 14 heavy (non-hydrogen) atoms. The lowest BCUT2D eigenvalue weighted by Gasteiger charge is -2.04. The third kappa shape index (κ3) is 2.13. The molecule has 0 aromatic heterocycles. The van der Waals surface area contributed by atoms with Crippen LogP contribution in [0, 0.1) is 5.92 Å². The molecule has 76 valence electrons. The molecule has 1 aliphatic carbocycles. The molecule has 3 heteroatoms. The molecule has 0 spiro atoms. The second-order valence-corrected chi connectivity index (χ2v) is 5.15. The van der Waals surface area contributed by atoms with E-state index in [1.165, 1.54) is 12.0 Å². The molecule has 1 fully saturated rings. The molecule has 2 unspecified atom stereocenters. The van der Waals surface area contributed by atoms with Gasteiger partial charge in [-0.05, 0) is 55.6 Å².